The van der Waals surface area contributed by atoms with Crippen molar-refractivity contribution in [3.8, 4) is 11.5 Å². The van der Waals surface area contributed by atoms with Crippen molar-refractivity contribution in [3.05, 3.63) is 54.3 Å². The average Bonchev–Trinajstić information content (AvgIpc) is 2.38. The lowest BCUT2D eigenvalue weighted by Gasteiger charge is -2.07. The molecule has 0 saturated heterocycles. The van der Waals surface area contributed by atoms with E-state index in [1.165, 1.54) is 17.8 Å². The molecule has 0 atom stereocenters. The smallest absolute Gasteiger partial charge is 0.165 e. The van der Waals surface area contributed by atoms with Gasteiger partial charge in [0.05, 0.1) is 6.61 Å². The van der Waals surface area contributed by atoms with Gasteiger partial charge >= 0.3 is 0 Å². The van der Waals surface area contributed by atoms with Crippen LogP contribution in [0.1, 0.15) is 0 Å². The van der Waals surface area contributed by atoms with E-state index in [0.29, 0.717) is 12.4 Å². The first-order valence-corrected chi connectivity index (χ1v) is 6.54. The molecule has 2 rings (SSSR count). The number of phenolic OH excluding ortho intramolecular Hbond substituents is 1. The molecule has 0 unspecified atom stereocenters. The molecule has 0 bridgehead atoms. The summed E-state index contributed by atoms with van der Waals surface area (Å²) >= 11 is 1.47. The summed E-state index contributed by atoms with van der Waals surface area (Å²) in [7, 11) is 0. The van der Waals surface area contributed by atoms with Gasteiger partial charge in [0.25, 0.3) is 0 Å². The van der Waals surface area contributed by atoms with Gasteiger partial charge < -0.3 is 9.84 Å². The van der Waals surface area contributed by atoms with E-state index in [1.807, 2.05) is 12.1 Å². The van der Waals surface area contributed by atoms with Crippen LogP contribution in [0.3, 0.4) is 0 Å². The molecule has 0 aliphatic carbocycles. The van der Waals surface area contributed by atoms with Crippen LogP contribution in [-0.4, -0.2) is 17.5 Å². The molecule has 94 valence electrons. The number of thioether (sulfide) groups is 1. The van der Waals surface area contributed by atoms with Crippen molar-refractivity contribution in [1.82, 2.24) is 0 Å². The van der Waals surface area contributed by atoms with Crippen molar-refractivity contribution in [2.75, 3.05) is 12.4 Å². The van der Waals surface area contributed by atoms with Crippen LogP contribution in [0.15, 0.2) is 53.4 Å². The standard InChI is InChI=1S/C14H13FO2S/c15-11-5-1-3-7-13(11)17-9-10-18-14-8-4-2-6-12(14)16/h1-8,16H,9-10H2. The van der Waals surface area contributed by atoms with E-state index in [1.54, 1.807) is 30.3 Å². The Morgan fingerprint density at radius 1 is 1.06 bits per heavy atom. The summed E-state index contributed by atoms with van der Waals surface area (Å²) < 4.78 is 18.6. The number of benzene rings is 2. The highest BCUT2D eigenvalue weighted by molar-refractivity contribution is 7.99. The first kappa shape index (κ1) is 12.8. The van der Waals surface area contributed by atoms with Gasteiger partial charge in [0.2, 0.25) is 0 Å². The van der Waals surface area contributed by atoms with E-state index in [4.69, 9.17) is 4.74 Å². The van der Waals surface area contributed by atoms with Crippen LogP contribution < -0.4 is 4.74 Å². The number of aromatic hydroxyl groups is 1. The van der Waals surface area contributed by atoms with E-state index in [2.05, 4.69) is 0 Å². The van der Waals surface area contributed by atoms with Crippen LogP contribution in [-0.2, 0) is 0 Å². The van der Waals surface area contributed by atoms with Crippen molar-refractivity contribution in [3.63, 3.8) is 0 Å². The number of para-hydroxylation sites is 2. The molecule has 0 spiro atoms. The second-order valence-electron chi connectivity index (χ2n) is 3.60. The minimum atomic E-state index is -0.356. The second kappa shape index (κ2) is 6.31. The van der Waals surface area contributed by atoms with Gasteiger partial charge in [0.1, 0.15) is 5.75 Å². The zero-order valence-electron chi connectivity index (χ0n) is 9.67. The maximum atomic E-state index is 13.2. The SMILES string of the molecule is Oc1ccccc1SCCOc1ccccc1F. The van der Waals surface area contributed by atoms with E-state index < -0.39 is 0 Å². The van der Waals surface area contributed by atoms with Crippen LogP contribution in [0.5, 0.6) is 11.5 Å². The van der Waals surface area contributed by atoms with Crippen molar-refractivity contribution in [1.29, 1.82) is 0 Å². The van der Waals surface area contributed by atoms with E-state index in [-0.39, 0.29) is 17.3 Å². The molecular formula is C14H13FO2S. The minimum Gasteiger partial charge on any atom is -0.507 e. The molecule has 0 heterocycles. The Morgan fingerprint density at radius 3 is 2.56 bits per heavy atom. The number of hydrogen-bond acceptors (Lipinski definition) is 3. The Bertz CT molecular complexity index is 469. The number of phenols is 1. The molecule has 0 fully saturated rings. The maximum absolute atomic E-state index is 13.2. The molecule has 2 aromatic rings. The van der Waals surface area contributed by atoms with E-state index in [0.717, 1.165) is 4.90 Å². The zero-order chi connectivity index (χ0) is 12.8. The highest BCUT2D eigenvalue weighted by atomic mass is 32.2. The Hall–Kier alpha value is -1.68. The van der Waals surface area contributed by atoms with Crippen LogP contribution in [0.4, 0.5) is 4.39 Å². The Morgan fingerprint density at radius 2 is 1.78 bits per heavy atom. The summed E-state index contributed by atoms with van der Waals surface area (Å²) in [6.07, 6.45) is 0. The molecule has 2 nitrogen and oxygen atoms in total. The summed E-state index contributed by atoms with van der Waals surface area (Å²) in [5.41, 5.74) is 0. The van der Waals surface area contributed by atoms with Gasteiger partial charge in [0.15, 0.2) is 11.6 Å². The summed E-state index contributed by atoms with van der Waals surface area (Å²) in [5.74, 6) is 0.806. The molecular weight excluding hydrogens is 251 g/mol. The lowest BCUT2D eigenvalue weighted by molar-refractivity contribution is 0.325. The number of ether oxygens (including phenoxy) is 1. The summed E-state index contributed by atoms with van der Waals surface area (Å²) in [4.78, 5) is 0.801. The summed E-state index contributed by atoms with van der Waals surface area (Å²) in [6.45, 7) is 0.389. The fourth-order valence-electron chi connectivity index (χ4n) is 1.44. The van der Waals surface area contributed by atoms with Crippen molar-refractivity contribution >= 4 is 11.8 Å². The molecule has 0 saturated carbocycles. The first-order chi connectivity index (χ1) is 8.77. The Kier molecular flexibility index (Phi) is 4.47. The third-order valence-corrected chi connectivity index (χ3v) is 3.33. The van der Waals surface area contributed by atoms with Gasteiger partial charge in [-0.1, -0.05) is 24.3 Å². The zero-order valence-corrected chi connectivity index (χ0v) is 10.5. The lowest BCUT2D eigenvalue weighted by atomic mass is 10.3. The molecule has 0 amide bonds. The summed E-state index contributed by atoms with van der Waals surface area (Å²) in [6, 6.07) is 13.4. The highest BCUT2D eigenvalue weighted by Crippen LogP contribution is 2.27. The third kappa shape index (κ3) is 3.40. The molecule has 1 N–H and O–H groups in total. The highest BCUT2D eigenvalue weighted by Gasteiger charge is 2.03. The molecule has 0 aliphatic rings. The van der Waals surface area contributed by atoms with Crippen molar-refractivity contribution in [2.45, 2.75) is 4.90 Å². The monoisotopic (exact) mass is 264 g/mol. The van der Waals surface area contributed by atoms with Crippen molar-refractivity contribution in [2.24, 2.45) is 0 Å². The van der Waals surface area contributed by atoms with Gasteiger partial charge in [-0.25, -0.2) is 4.39 Å². The molecule has 0 aliphatic heterocycles. The Labute approximate surface area is 109 Å². The summed E-state index contributed by atoms with van der Waals surface area (Å²) in [5, 5.41) is 9.55. The number of halogens is 1. The fraction of sp³-hybridized carbons (Fsp3) is 0.143. The van der Waals surface area contributed by atoms with Crippen LogP contribution in [0.25, 0.3) is 0 Å². The van der Waals surface area contributed by atoms with Crippen LogP contribution >= 0.6 is 11.8 Å². The molecule has 4 heteroatoms. The predicted molar refractivity (Wildman–Crippen MR) is 70.7 cm³/mol. The number of rotatable bonds is 5. The number of hydrogen-bond donors (Lipinski definition) is 1. The second-order valence-corrected chi connectivity index (χ2v) is 4.73. The molecule has 0 aromatic heterocycles. The third-order valence-electron chi connectivity index (χ3n) is 2.30. The lowest BCUT2D eigenvalue weighted by Crippen LogP contribution is -2.01. The van der Waals surface area contributed by atoms with E-state index >= 15 is 0 Å². The quantitative estimate of drug-likeness (QED) is 0.659. The molecule has 18 heavy (non-hydrogen) atoms. The minimum absolute atomic E-state index is 0.258. The molecule has 0 radical (unpaired) electrons. The predicted octanol–water partition coefficient (Wildman–Crippen LogP) is 3.70. The van der Waals surface area contributed by atoms with Gasteiger partial charge in [-0.15, -0.1) is 11.8 Å². The first-order valence-electron chi connectivity index (χ1n) is 5.55. The fourth-order valence-corrected chi connectivity index (χ4v) is 2.22. The topological polar surface area (TPSA) is 29.5 Å². The van der Waals surface area contributed by atoms with Crippen LogP contribution in [0, 0.1) is 5.82 Å². The Balaban J connectivity index is 1.80. The largest absolute Gasteiger partial charge is 0.507 e. The average molecular weight is 264 g/mol. The van der Waals surface area contributed by atoms with Gasteiger partial charge in [-0.2, -0.15) is 0 Å². The van der Waals surface area contributed by atoms with Crippen molar-refractivity contribution < 1.29 is 14.2 Å². The van der Waals surface area contributed by atoms with E-state index in [9.17, 15) is 9.50 Å². The van der Waals surface area contributed by atoms with Gasteiger partial charge in [0, 0.05) is 10.6 Å². The maximum Gasteiger partial charge on any atom is 0.165 e. The van der Waals surface area contributed by atoms with Gasteiger partial charge in [-0.05, 0) is 24.3 Å². The molecule has 2 aromatic carbocycles. The van der Waals surface area contributed by atoms with Gasteiger partial charge in [-0.3, -0.25) is 0 Å². The normalized spacial score (nSPS) is 10.3. The van der Waals surface area contributed by atoms with Crippen LogP contribution in [0.2, 0.25) is 0 Å².